The number of nitrogens with zero attached hydrogens (tertiary/aromatic N) is 4. The van der Waals surface area contributed by atoms with E-state index in [1.165, 1.54) is 0 Å². The lowest BCUT2D eigenvalue weighted by Crippen LogP contribution is -2.06. The van der Waals surface area contributed by atoms with Crippen molar-refractivity contribution in [1.29, 1.82) is 0 Å². The van der Waals surface area contributed by atoms with E-state index in [9.17, 15) is 0 Å². The molecule has 0 radical (unpaired) electrons. The predicted molar refractivity (Wildman–Crippen MR) is 230 cm³/mol. The lowest BCUT2D eigenvalue weighted by atomic mass is 9.96. The van der Waals surface area contributed by atoms with Crippen LogP contribution < -0.4 is 0 Å². The van der Waals surface area contributed by atoms with Crippen LogP contribution in [0.2, 0.25) is 0 Å². The summed E-state index contributed by atoms with van der Waals surface area (Å²) in [6.45, 7) is 0. The number of furan rings is 2. The van der Waals surface area contributed by atoms with E-state index in [1.807, 2.05) is 48.5 Å². The molecular weight excluding hydrogens is 701 g/mol. The molecule has 0 N–H and O–H groups in total. The molecule has 0 fully saturated rings. The van der Waals surface area contributed by atoms with E-state index in [0.717, 1.165) is 99.1 Å². The second kappa shape index (κ2) is 12.3. The summed E-state index contributed by atoms with van der Waals surface area (Å²) in [6, 6.07) is 62.7. The fourth-order valence-electron chi connectivity index (χ4n) is 8.43. The number of aromatic nitrogens is 4. The summed E-state index contributed by atoms with van der Waals surface area (Å²) in [7, 11) is 0. The Morgan fingerprint density at radius 3 is 1.65 bits per heavy atom. The average molecular weight is 731 g/mol. The molecule has 0 saturated heterocycles. The molecule has 0 aliphatic rings. The van der Waals surface area contributed by atoms with Crippen molar-refractivity contribution in [2.75, 3.05) is 0 Å². The summed E-state index contributed by atoms with van der Waals surface area (Å²) in [4.78, 5) is 15.4. The first-order chi connectivity index (χ1) is 28.2. The van der Waals surface area contributed by atoms with E-state index in [-0.39, 0.29) is 0 Å². The highest BCUT2D eigenvalue weighted by Crippen LogP contribution is 2.41. The minimum Gasteiger partial charge on any atom is -0.456 e. The molecule has 57 heavy (non-hydrogen) atoms. The third-order valence-electron chi connectivity index (χ3n) is 11.1. The highest BCUT2D eigenvalue weighted by molar-refractivity contribution is 6.14. The van der Waals surface area contributed by atoms with E-state index in [2.05, 4.69) is 138 Å². The van der Waals surface area contributed by atoms with Crippen LogP contribution in [0.25, 0.3) is 117 Å². The smallest absolute Gasteiger partial charge is 0.238 e. The first kappa shape index (κ1) is 31.5. The number of fused-ring (bicyclic) bond motifs is 9. The Balaban J connectivity index is 1.02. The minimum absolute atomic E-state index is 0.568. The first-order valence-corrected chi connectivity index (χ1v) is 19.0. The molecule has 266 valence electrons. The molecule has 12 aromatic rings. The van der Waals surface area contributed by atoms with Crippen LogP contribution >= 0.6 is 0 Å². The Morgan fingerprint density at radius 1 is 0.333 bits per heavy atom. The third-order valence-corrected chi connectivity index (χ3v) is 11.1. The number of hydrogen-bond acceptors (Lipinski definition) is 5. The molecule has 6 heteroatoms. The van der Waals surface area contributed by atoms with Crippen molar-refractivity contribution < 1.29 is 8.83 Å². The van der Waals surface area contributed by atoms with Gasteiger partial charge in [-0.2, -0.15) is 9.97 Å². The van der Waals surface area contributed by atoms with Crippen LogP contribution in [0.1, 0.15) is 0 Å². The molecule has 12 rings (SSSR count). The maximum atomic E-state index is 6.48. The Bertz CT molecular complexity index is 3490. The van der Waals surface area contributed by atoms with Gasteiger partial charge in [-0.05, 0) is 76.9 Å². The van der Waals surface area contributed by atoms with E-state index in [4.69, 9.17) is 23.8 Å². The van der Waals surface area contributed by atoms with Gasteiger partial charge in [0.05, 0.1) is 11.0 Å². The standard InChI is InChI=1S/C51H30N4O2/c1-2-12-31(13-3-1)49-52-50(54-51(53-49)55-42-20-7-4-16-37(42)38-17-5-8-21-43(38)55)35-15-10-14-34(28-35)36-19-11-23-47-48(36)41-30-33(25-27-46(41)57-47)32-24-26-45-40(29-32)39-18-6-9-22-44(39)56-45/h1-30H. The van der Waals surface area contributed by atoms with Gasteiger partial charge < -0.3 is 8.83 Å². The van der Waals surface area contributed by atoms with Gasteiger partial charge in [0.25, 0.3) is 0 Å². The third kappa shape index (κ3) is 5.01. The van der Waals surface area contributed by atoms with Crippen LogP contribution in [0.5, 0.6) is 0 Å². The molecule has 4 aromatic heterocycles. The van der Waals surface area contributed by atoms with Gasteiger partial charge in [-0.15, -0.1) is 0 Å². The summed E-state index contributed by atoms with van der Waals surface area (Å²) in [5.41, 5.74) is 11.7. The highest BCUT2D eigenvalue weighted by Gasteiger charge is 2.19. The molecule has 0 amide bonds. The van der Waals surface area contributed by atoms with Crippen LogP contribution in [0, 0.1) is 0 Å². The molecule has 0 saturated carbocycles. The van der Waals surface area contributed by atoms with Crippen molar-refractivity contribution in [3.05, 3.63) is 182 Å². The van der Waals surface area contributed by atoms with Gasteiger partial charge in [0, 0.05) is 43.4 Å². The van der Waals surface area contributed by atoms with E-state index < -0.39 is 0 Å². The zero-order valence-electron chi connectivity index (χ0n) is 30.4. The van der Waals surface area contributed by atoms with Crippen LogP contribution in [-0.2, 0) is 0 Å². The number of rotatable bonds is 5. The monoisotopic (exact) mass is 730 g/mol. The van der Waals surface area contributed by atoms with Crippen LogP contribution in [0.4, 0.5) is 0 Å². The summed E-state index contributed by atoms with van der Waals surface area (Å²) < 4.78 is 14.7. The van der Waals surface area contributed by atoms with Gasteiger partial charge in [-0.25, -0.2) is 4.98 Å². The van der Waals surface area contributed by atoms with Crippen LogP contribution in [0.3, 0.4) is 0 Å². The zero-order valence-corrected chi connectivity index (χ0v) is 30.4. The lowest BCUT2D eigenvalue weighted by molar-refractivity contribution is 0.668. The Hall–Kier alpha value is -7.83. The molecule has 0 spiro atoms. The van der Waals surface area contributed by atoms with Gasteiger partial charge in [-0.1, -0.05) is 127 Å². The summed E-state index contributed by atoms with van der Waals surface area (Å²) in [5.74, 6) is 1.77. The van der Waals surface area contributed by atoms with Crippen molar-refractivity contribution >= 4 is 65.7 Å². The second-order valence-corrected chi connectivity index (χ2v) is 14.4. The maximum Gasteiger partial charge on any atom is 0.238 e. The lowest BCUT2D eigenvalue weighted by Gasteiger charge is -2.12. The predicted octanol–water partition coefficient (Wildman–Crippen LogP) is 13.4. The van der Waals surface area contributed by atoms with Crippen LogP contribution in [0.15, 0.2) is 191 Å². The number of hydrogen-bond donors (Lipinski definition) is 0. The normalized spacial score (nSPS) is 11.9. The van der Waals surface area contributed by atoms with E-state index in [1.54, 1.807) is 0 Å². The fourth-order valence-corrected chi connectivity index (χ4v) is 8.43. The van der Waals surface area contributed by atoms with Gasteiger partial charge in [-0.3, -0.25) is 4.57 Å². The number of benzene rings is 8. The molecule has 0 unspecified atom stereocenters. The summed E-state index contributed by atoms with van der Waals surface area (Å²) in [5, 5.41) is 6.64. The van der Waals surface area contributed by atoms with Gasteiger partial charge in [0.15, 0.2) is 11.6 Å². The molecule has 0 bridgehead atoms. The average Bonchev–Trinajstić information content (AvgIpc) is 3.96. The van der Waals surface area contributed by atoms with Gasteiger partial charge >= 0.3 is 0 Å². The van der Waals surface area contributed by atoms with Crippen LogP contribution in [-0.4, -0.2) is 19.5 Å². The molecule has 6 nitrogen and oxygen atoms in total. The van der Waals surface area contributed by atoms with Gasteiger partial charge in [0.1, 0.15) is 22.3 Å². The molecule has 0 aliphatic heterocycles. The fraction of sp³-hybridized carbons (Fsp3) is 0. The van der Waals surface area contributed by atoms with Crippen molar-refractivity contribution in [3.63, 3.8) is 0 Å². The Kier molecular flexibility index (Phi) is 6.83. The van der Waals surface area contributed by atoms with E-state index >= 15 is 0 Å². The quantitative estimate of drug-likeness (QED) is 0.176. The largest absolute Gasteiger partial charge is 0.456 e. The SMILES string of the molecule is c1ccc(-c2nc(-c3cccc(-c4cccc5oc6ccc(-c7ccc8oc9ccccc9c8c7)cc6c45)c3)nc(-n3c4ccccc4c4ccccc43)n2)cc1. The van der Waals surface area contributed by atoms with Crippen molar-refractivity contribution in [2.24, 2.45) is 0 Å². The van der Waals surface area contributed by atoms with Crippen molar-refractivity contribution in [3.8, 4) is 51.0 Å². The van der Waals surface area contributed by atoms with Crippen molar-refractivity contribution in [1.82, 2.24) is 19.5 Å². The number of para-hydroxylation sites is 3. The van der Waals surface area contributed by atoms with Crippen molar-refractivity contribution in [2.45, 2.75) is 0 Å². The molecule has 0 aliphatic carbocycles. The Morgan fingerprint density at radius 2 is 0.877 bits per heavy atom. The maximum absolute atomic E-state index is 6.48. The molecule has 4 heterocycles. The zero-order chi connectivity index (χ0) is 37.5. The first-order valence-electron chi connectivity index (χ1n) is 19.0. The summed E-state index contributed by atoms with van der Waals surface area (Å²) in [6.07, 6.45) is 0. The summed E-state index contributed by atoms with van der Waals surface area (Å²) >= 11 is 0. The second-order valence-electron chi connectivity index (χ2n) is 14.4. The molecule has 8 aromatic carbocycles. The van der Waals surface area contributed by atoms with E-state index in [0.29, 0.717) is 17.6 Å². The highest BCUT2D eigenvalue weighted by atomic mass is 16.3. The molecule has 0 atom stereocenters. The molecular formula is C51H30N4O2. The van der Waals surface area contributed by atoms with Gasteiger partial charge in [0.2, 0.25) is 5.95 Å². The minimum atomic E-state index is 0.568. The topological polar surface area (TPSA) is 69.9 Å². The Labute approximate surface area is 325 Å².